The van der Waals surface area contributed by atoms with E-state index in [-0.39, 0.29) is 47.8 Å². The number of likely N-dealkylation sites (tertiary alicyclic amines) is 1. The first-order chi connectivity index (χ1) is 9.65. The standard InChI is InChI=1S/C16H14FNO2/c17-12-5-1-9(2-6-12)8-18-15(19)13-10-3-4-11(7-10)14(13)16(18)20/h1-6,10-11,13-14H,7-8H2. The van der Waals surface area contributed by atoms with Crippen LogP contribution in [0.5, 0.6) is 0 Å². The summed E-state index contributed by atoms with van der Waals surface area (Å²) in [7, 11) is 0. The molecule has 1 heterocycles. The van der Waals surface area contributed by atoms with Gasteiger partial charge in [-0.2, -0.15) is 0 Å². The fraction of sp³-hybridized carbons (Fsp3) is 0.375. The molecule has 4 rings (SSSR count). The first-order valence-corrected chi connectivity index (χ1v) is 6.93. The Labute approximate surface area is 116 Å². The first-order valence-electron chi connectivity index (χ1n) is 6.93. The maximum absolute atomic E-state index is 12.9. The smallest absolute Gasteiger partial charge is 0.234 e. The summed E-state index contributed by atoms with van der Waals surface area (Å²) in [4.78, 5) is 26.3. The molecule has 1 saturated heterocycles. The molecule has 4 atom stereocenters. The van der Waals surface area contributed by atoms with Crippen LogP contribution in [-0.4, -0.2) is 16.7 Å². The Balaban J connectivity index is 1.60. The summed E-state index contributed by atoms with van der Waals surface area (Å²) in [6.45, 7) is 0.254. The molecule has 2 bridgehead atoms. The molecule has 1 aromatic rings. The molecule has 2 amide bonds. The normalized spacial score (nSPS) is 34.1. The lowest BCUT2D eigenvalue weighted by molar-refractivity contribution is -0.141. The van der Waals surface area contributed by atoms with E-state index in [9.17, 15) is 14.0 Å². The lowest BCUT2D eigenvalue weighted by atomic mass is 9.85. The van der Waals surface area contributed by atoms with Gasteiger partial charge in [0.2, 0.25) is 11.8 Å². The number of halogens is 1. The summed E-state index contributed by atoms with van der Waals surface area (Å²) in [5.74, 6) is -0.260. The number of rotatable bonds is 2. The lowest BCUT2D eigenvalue weighted by Crippen LogP contribution is -2.32. The van der Waals surface area contributed by atoms with E-state index >= 15 is 0 Å². The van der Waals surface area contributed by atoms with Crippen molar-refractivity contribution in [3.05, 3.63) is 47.8 Å². The minimum Gasteiger partial charge on any atom is -0.278 e. The zero-order valence-corrected chi connectivity index (χ0v) is 10.8. The van der Waals surface area contributed by atoms with Crippen molar-refractivity contribution in [3.63, 3.8) is 0 Å². The zero-order valence-electron chi connectivity index (χ0n) is 10.8. The van der Waals surface area contributed by atoms with Crippen LogP contribution in [0, 0.1) is 29.5 Å². The summed E-state index contributed by atoms with van der Waals surface area (Å²) in [6.07, 6.45) is 5.11. The van der Waals surface area contributed by atoms with Crippen molar-refractivity contribution < 1.29 is 14.0 Å². The van der Waals surface area contributed by atoms with Gasteiger partial charge < -0.3 is 0 Å². The number of imide groups is 1. The Kier molecular flexibility index (Phi) is 2.37. The zero-order chi connectivity index (χ0) is 13.9. The van der Waals surface area contributed by atoms with Crippen LogP contribution in [0.4, 0.5) is 4.39 Å². The van der Waals surface area contributed by atoms with Crippen molar-refractivity contribution in [2.45, 2.75) is 13.0 Å². The van der Waals surface area contributed by atoms with Gasteiger partial charge in [0.05, 0.1) is 18.4 Å². The van der Waals surface area contributed by atoms with Gasteiger partial charge in [-0.1, -0.05) is 24.3 Å². The Bertz CT molecular complexity index is 592. The fourth-order valence-electron chi connectivity index (χ4n) is 3.89. The van der Waals surface area contributed by atoms with Gasteiger partial charge in [-0.05, 0) is 36.0 Å². The van der Waals surface area contributed by atoms with Gasteiger partial charge in [0.15, 0.2) is 0 Å². The van der Waals surface area contributed by atoms with E-state index in [1.807, 2.05) is 0 Å². The Morgan fingerprint density at radius 3 is 2.10 bits per heavy atom. The second-order valence-electron chi connectivity index (χ2n) is 5.89. The number of carbonyl (C=O) groups is 2. The molecule has 20 heavy (non-hydrogen) atoms. The van der Waals surface area contributed by atoms with Crippen LogP contribution in [0.1, 0.15) is 12.0 Å². The number of allylic oxidation sites excluding steroid dienone is 2. The molecule has 0 N–H and O–H groups in total. The molecule has 1 aliphatic heterocycles. The van der Waals surface area contributed by atoms with Crippen LogP contribution < -0.4 is 0 Å². The average Bonchev–Trinajstić information content (AvgIpc) is 3.11. The van der Waals surface area contributed by atoms with Gasteiger partial charge in [0, 0.05) is 0 Å². The molecule has 2 aliphatic carbocycles. The van der Waals surface area contributed by atoms with Gasteiger partial charge in [0.1, 0.15) is 5.82 Å². The highest BCUT2D eigenvalue weighted by Gasteiger charge is 2.59. The van der Waals surface area contributed by atoms with Crippen LogP contribution in [0.15, 0.2) is 36.4 Å². The van der Waals surface area contributed by atoms with Gasteiger partial charge in [0.25, 0.3) is 0 Å². The second-order valence-corrected chi connectivity index (χ2v) is 5.89. The number of amides is 2. The Morgan fingerprint density at radius 1 is 1.00 bits per heavy atom. The molecule has 0 aromatic heterocycles. The number of fused-ring (bicyclic) bond motifs is 5. The SMILES string of the molecule is O=C1C2C3C=CC(C3)C2C(=O)N1Cc1ccc(F)cc1. The van der Waals surface area contributed by atoms with Crippen LogP contribution in [0.2, 0.25) is 0 Å². The van der Waals surface area contributed by atoms with Gasteiger partial charge in [-0.3, -0.25) is 14.5 Å². The van der Waals surface area contributed by atoms with Crippen LogP contribution in [0.3, 0.4) is 0 Å². The van der Waals surface area contributed by atoms with E-state index < -0.39 is 0 Å². The van der Waals surface area contributed by atoms with E-state index in [1.54, 1.807) is 12.1 Å². The van der Waals surface area contributed by atoms with Gasteiger partial charge in [-0.15, -0.1) is 0 Å². The molecule has 0 radical (unpaired) electrons. The van der Waals surface area contributed by atoms with E-state index in [0.717, 1.165) is 12.0 Å². The predicted octanol–water partition coefficient (Wildman–Crippen LogP) is 2.13. The highest BCUT2D eigenvalue weighted by Crippen LogP contribution is 2.52. The summed E-state index contributed by atoms with van der Waals surface area (Å²) in [5.41, 5.74) is 0.786. The highest BCUT2D eigenvalue weighted by molar-refractivity contribution is 6.06. The number of hydrogen-bond donors (Lipinski definition) is 0. The van der Waals surface area contributed by atoms with Crippen LogP contribution in [-0.2, 0) is 16.1 Å². The van der Waals surface area contributed by atoms with Crippen LogP contribution in [0.25, 0.3) is 0 Å². The van der Waals surface area contributed by atoms with Crippen molar-refractivity contribution in [2.75, 3.05) is 0 Å². The molecular formula is C16H14FNO2. The quantitative estimate of drug-likeness (QED) is 0.610. The van der Waals surface area contributed by atoms with E-state index in [4.69, 9.17) is 0 Å². The molecule has 1 aromatic carbocycles. The topological polar surface area (TPSA) is 37.4 Å². The minimum atomic E-state index is -0.313. The number of nitrogens with zero attached hydrogens (tertiary/aromatic N) is 1. The van der Waals surface area contributed by atoms with Crippen molar-refractivity contribution in [3.8, 4) is 0 Å². The molecule has 102 valence electrons. The Morgan fingerprint density at radius 2 is 1.55 bits per heavy atom. The average molecular weight is 271 g/mol. The highest BCUT2D eigenvalue weighted by atomic mass is 19.1. The maximum Gasteiger partial charge on any atom is 0.234 e. The van der Waals surface area contributed by atoms with E-state index in [0.29, 0.717) is 0 Å². The van der Waals surface area contributed by atoms with Crippen LogP contribution >= 0.6 is 0 Å². The third kappa shape index (κ3) is 1.51. The molecular weight excluding hydrogens is 257 g/mol. The molecule has 4 heteroatoms. The Hall–Kier alpha value is -1.97. The first kappa shape index (κ1) is 11.8. The van der Waals surface area contributed by atoms with Gasteiger partial charge in [-0.25, -0.2) is 4.39 Å². The van der Waals surface area contributed by atoms with Crippen molar-refractivity contribution in [1.29, 1.82) is 0 Å². The second kappa shape index (κ2) is 4.01. The molecule has 0 spiro atoms. The molecule has 2 fully saturated rings. The number of carbonyl (C=O) groups excluding carboxylic acids is 2. The molecule has 3 aliphatic rings. The monoisotopic (exact) mass is 271 g/mol. The summed E-state index contributed by atoms with van der Waals surface area (Å²) in [5, 5.41) is 0. The molecule has 4 unspecified atom stereocenters. The predicted molar refractivity (Wildman–Crippen MR) is 69.7 cm³/mol. The fourth-order valence-corrected chi connectivity index (χ4v) is 3.89. The van der Waals surface area contributed by atoms with E-state index in [2.05, 4.69) is 12.2 Å². The number of benzene rings is 1. The lowest BCUT2D eigenvalue weighted by Gasteiger charge is -2.17. The largest absolute Gasteiger partial charge is 0.278 e. The van der Waals surface area contributed by atoms with Gasteiger partial charge >= 0.3 is 0 Å². The van der Waals surface area contributed by atoms with E-state index in [1.165, 1.54) is 17.0 Å². The van der Waals surface area contributed by atoms with Crippen molar-refractivity contribution in [2.24, 2.45) is 23.7 Å². The third-order valence-electron chi connectivity index (χ3n) is 4.82. The summed E-state index contributed by atoms with van der Waals surface area (Å²) >= 11 is 0. The summed E-state index contributed by atoms with van der Waals surface area (Å²) in [6, 6.07) is 5.95. The number of hydrogen-bond acceptors (Lipinski definition) is 2. The third-order valence-corrected chi connectivity index (χ3v) is 4.82. The van der Waals surface area contributed by atoms with Crippen molar-refractivity contribution >= 4 is 11.8 Å². The minimum absolute atomic E-state index is 0.0545. The summed E-state index contributed by atoms with van der Waals surface area (Å²) < 4.78 is 12.9. The maximum atomic E-state index is 12.9. The molecule has 3 nitrogen and oxygen atoms in total. The molecule has 1 saturated carbocycles. The van der Waals surface area contributed by atoms with Crippen molar-refractivity contribution in [1.82, 2.24) is 4.90 Å².